The molecule has 1 aromatic carbocycles. The van der Waals surface area contributed by atoms with E-state index in [9.17, 15) is 23.9 Å². The van der Waals surface area contributed by atoms with E-state index in [0.29, 0.717) is 25.9 Å². The number of hydrogen-bond acceptors (Lipinski definition) is 4. The number of carbonyl (C=O) groups is 3. The van der Waals surface area contributed by atoms with Crippen molar-refractivity contribution in [2.45, 2.75) is 24.8 Å². The molecule has 7 nitrogen and oxygen atoms in total. The Morgan fingerprint density at radius 2 is 1.96 bits per heavy atom. The summed E-state index contributed by atoms with van der Waals surface area (Å²) < 4.78 is 18.7. The highest BCUT2D eigenvalue weighted by Crippen LogP contribution is 2.43. The summed E-state index contributed by atoms with van der Waals surface area (Å²) in [6.45, 7) is 0.627. The summed E-state index contributed by atoms with van der Waals surface area (Å²) in [5, 5.41) is 9.49. The zero-order chi connectivity index (χ0) is 19.1. The summed E-state index contributed by atoms with van der Waals surface area (Å²) in [5.74, 6) is -2.81. The van der Waals surface area contributed by atoms with Crippen LogP contribution in [0.5, 0.6) is 5.75 Å². The van der Waals surface area contributed by atoms with Gasteiger partial charge in [0.2, 0.25) is 5.91 Å². The normalized spacial score (nSPS) is 22.0. The van der Waals surface area contributed by atoms with Gasteiger partial charge in [-0.05, 0) is 31.0 Å². The van der Waals surface area contributed by atoms with Gasteiger partial charge in [0.05, 0.1) is 18.6 Å². The Morgan fingerprint density at radius 3 is 2.50 bits per heavy atom. The number of piperidine rings is 1. The van der Waals surface area contributed by atoms with Crippen LogP contribution in [0.1, 0.15) is 29.6 Å². The maximum Gasteiger partial charge on any atom is 0.309 e. The van der Waals surface area contributed by atoms with Gasteiger partial charge in [-0.15, -0.1) is 0 Å². The van der Waals surface area contributed by atoms with E-state index in [-0.39, 0.29) is 29.5 Å². The Balaban J connectivity index is 1.75. The van der Waals surface area contributed by atoms with Gasteiger partial charge in [-0.25, -0.2) is 4.39 Å². The number of carbonyl (C=O) groups excluding carboxylic acids is 2. The number of halogens is 1. The molecule has 2 aliphatic rings. The van der Waals surface area contributed by atoms with Crippen LogP contribution in [0.2, 0.25) is 0 Å². The lowest BCUT2D eigenvalue weighted by molar-refractivity contribution is -0.145. The topological polar surface area (TPSA) is 87.1 Å². The van der Waals surface area contributed by atoms with Crippen molar-refractivity contribution in [1.29, 1.82) is 0 Å². The molecular formula is C18H21FN2O5. The number of carboxylic acids is 1. The van der Waals surface area contributed by atoms with Crippen molar-refractivity contribution in [1.82, 2.24) is 9.80 Å². The molecule has 140 valence electrons. The van der Waals surface area contributed by atoms with Gasteiger partial charge in [-0.2, -0.15) is 0 Å². The molecule has 8 heteroatoms. The summed E-state index contributed by atoms with van der Waals surface area (Å²) in [6.07, 6.45) is 0.761. The lowest BCUT2D eigenvalue weighted by Crippen LogP contribution is -2.56. The molecule has 1 spiro atoms. The minimum atomic E-state index is -0.986. The Hall–Kier alpha value is -2.64. The molecular weight excluding hydrogens is 343 g/mol. The second kappa shape index (κ2) is 6.59. The number of ether oxygens (including phenoxy) is 1. The monoisotopic (exact) mass is 364 g/mol. The lowest BCUT2D eigenvalue weighted by atomic mass is 9.77. The van der Waals surface area contributed by atoms with Crippen molar-refractivity contribution in [3.63, 3.8) is 0 Å². The molecule has 2 amide bonds. The summed E-state index contributed by atoms with van der Waals surface area (Å²) >= 11 is 0. The van der Waals surface area contributed by atoms with Crippen LogP contribution < -0.4 is 4.74 Å². The second-order valence-corrected chi connectivity index (χ2v) is 6.79. The number of hydrogen-bond donors (Lipinski definition) is 1. The highest BCUT2D eigenvalue weighted by atomic mass is 19.1. The largest absolute Gasteiger partial charge is 0.494 e. The molecule has 2 fully saturated rings. The van der Waals surface area contributed by atoms with Crippen LogP contribution in [0, 0.1) is 11.7 Å². The molecule has 0 radical (unpaired) electrons. The van der Waals surface area contributed by atoms with Crippen molar-refractivity contribution >= 4 is 17.8 Å². The minimum absolute atomic E-state index is 0.0104. The van der Waals surface area contributed by atoms with Crippen molar-refractivity contribution < 1.29 is 28.6 Å². The van der Waals surface area contributed by atoms with Crippen molar-refractivity contribution in [2.75, 3.05) is 27.2 Å². The number of methoxy groups -OCH3 is 1. The molecule has 1 atom stereocenters. The van der Waals surface area contributed by atoms with E-state index in [4.69, 9.17) is 4.74 Å². The van der Waals surface area contributed by atoms with Crippen LogP contribution in [0.4, 0.5) is 4.39 Å². The number of likely N-dealkylation sites (tertiary alicyclic amines) is 2. The maximum absolute atomic E-state index is 13.8. The van der Waals surface area contributed by atoms with Gasteiger partial charge in [-0.1, -0.05) is 0 Å². The van der Waals surface area contributed by atoms with Crippen LogP contribution >= 0.6 is 0 Å². The average Bonchev–Trinajstić information content (AvgIpc) is 2.87. The smallest absolute Gasteiger partial charge is 0.309 e. The van der Waals surface area contributed by atoms with Gasteiger partial charge in [0, 0.05) is 32.1 Å². The van der Waals surface area contributed by atoms with Gasteiger partial charge in [-0.3, -0.25) is 14.4 Å². The number of carboxylic acid groups (broad SMARTS) is 1. The fraction of sp³-hybridized carbons (Fsp3) is 0.500. The fourth-order valence-corrected chi connectivity index (χ4v) is 4.06. The van der Waals surface area contributed by atoms with Gasteiger partial charge in [0.15, 0.2) is 11.6 Å². The molecule has 1 aromatic rings. The van der Waals surface area contributed by atoms with E-state index in [2.05, 4.69) is 0 Å². The summed E-state index contributed by atoms with van der Waals surface area (Å²) in [5.41, 5.74) is -0.546. The van der Waals surface area contributed by atoms with Crippen LogP contribution in [-0.4, -0.2) is 65.5 Å². The van der Waals surface area contributed by atoms with E-state index in [0.717, 1.165) is 6.07 Å². The summed E-state index contributed by atoms with van der Waals surface area (Å²) in [7, 11) is 2.98. The average molecular weight is 364 g/mol. The number of aliphatic carboxylic acids is 1. The van der Waals surface area contributed by atoms with E-state index in [1.807, 2.05) is 0 Å². The molecule has 0 unspecified atom stereocenters. The molecule has 0 bridgehead atoms. The highest BCUT2D eigenvalue weighted by molar-refractivity contribution is 5.94. The Morgan fingerprint density at radius 1 is 1.31 bits per heavy atom. The number of benzene rings is 1. The predicted octanol–water partition coefficient (Wildman–Crippen LogP) is 1.37. The molecule has 0 saturated carbocycles. The predicted molar refractivity (Wildman–Crippen MR) is 89.3 cm³/mol. The van der Waals surface area contributed by atoms with Crippen LogP contribution in [0.15, 0.2) is 18.2 Å². The van der Waals surface area contributed by atoms with Crippen molar-refractivity contribution in [3.8, 4) is 5.75 Å². The maximum atomic E-state index is 13.8. The SMILES string of the molecule is COc1ccc(C(=O)N2CCC3(CC2)[C@H](C(=O)O)CC(=O)N3C)cc1F. The summed E-state index contributed by atoms with van der Waals surface area (Å²) in [6, 6.07) is 4.04. The van der Waals surface area contributed by atoms with Crippen molar-refractivity contribution in [3.05, 3.63) is 29.6 Å². The molecule has 3 rings (SSSR count). The van der Waals surface area contributed by atoms with Crippen molar-refractivity contribution in [2.24, 2.45) is 5.92 Å². The number of amides is 2. The molecule has 0 aliphatic carbocycles. The lowest BCUT2D eigenvalue weighted by Gasteiger charge is -2.45. The highest BCUT2D eigenvalue weighted by Gasteiger charge is 2.55. The minimum Gasteiger partial charge on any atom is -0.494 e. The Kier molecular flexibility index (Phi) is 4.60. The van der Waals surface area contributed by atoms with Gasteiger partial charge in [0.1, 0.15) is 0 Å². The molecule has 26 heavy (non-hydrogen) atoms. The third kappa shape index (κ3) is 2.79. The van der Waals surface area contributed by atoms with Gasteiger partial charge >= 0.3 is 5.97 Å². The van der Waals surface area contributed by atoms with Gasteiger partial charge in [0.25, 0.3) is 5.91 Å². The summed E-state index contributed by atoms with van der Waals surface area (Å²) in [4.78, 5) is 39.4. The van der Waals surface area contributed by atoms with Crippen LogP contribution in [0.3, 0.4) is 0 Å². The molecule has 1 N–H and O–H groups in total. The first kappa shape index (κ1) is 18.2. The van der Waals surface area contributed by atoms with Gasteiger partial charge < -0.3 is 19.6 Å². The number of nitrogens with zero attached hydrogens (tertiary/aromatic N) is 2. The zero-order valence-corrected chi connectivity index (χ0v) is 14.7. The third-order valence-electron chi connectivity index (χ3n) is 5.68. The van der Waals surface area contributed by atoms with E-state index < -0.39 is 23.2 Å². The second-order valence-electron chi connectivity index (χ2n) is 6.79. The third-order valence-corrected chi connectivity index (χ3v) is 5.68. The quantitative estimate of drug-likeness (QED) is 0.875. The number of rotatable bonds is 3. The van der Waals surface area contributed by atoms with Crippen LogP contribution in [0.25, 0.3) is 0 Å². The van der Waals surface area contributed by atoms with Crippen LogP contribution in [-0.2, 0) is 9.59 Å². The molecule has 2 aliphatic heterocycles. The first-order chi connectivity index (χ1) is 12.3. The van der Waals surface area contributed by atoms with E-state index in [1.165, 1.54) is 24.1 Å². The first-order valence-electron chi connectivity index (χ1n) is 8.42. The Bertz CT molecular complexity index is 758. The first-order valence-corrected chi connectivity index (χ1v) is 8.42. The van der Waals surface area contributed by atoms with E-state index >= 15 is 0 Å². The molecule has 0 aromatic heterocycles. The standard InChI is InChI=1S/C18H21FN2O5/c1-20-15(22)10-12(17(24)25)18(20)5-7-21(8-6-18)16(23)11-3-4-14(26-2)13(19)9-11/h3-4,9,12H,5-8,10H2,1-2H3,(H,24,25)/t12-/m0/s1. The fourth-order valence-electron chi connectivity index (χ4n) is 4.06. The molecule has 2 heterocycles. The Labute approximate surface area is 150 Å². The molecule has 2 saturated heterocycles. The van der Waals surface area contributed by atoms with E-state index in [1.54, 1.807) is 11.9 Å². The zero-order valence-electron chi connectivity index (χ0n) is 14.7.